The number of furan rings is 1. The summed E-state index contributed by atoms with van der Waals surface area (Å²) in [6.45, 7) is 0. The Morgan fingerprint density at radius 2 is 2.27 bits per heavy atom. The van der Waals surface area contributed by atoms with Crippen molar-refractivity contribution in [3.05, 3.63) is 41.5 Å². The second-order valence-corrected chi connectivity index (χ2v) is 4.04. The standard InChI is InChI=1S/C9H6ClFN2OS/c10-7-2-1-6(14-7)5-15-9-4-12-3-8(11)13-9/h1-4H,5H2. The molecule has 0 spiro atoms. The van der Waals surface area contributed by atoms with E-state index >= 15 is 0 Å². The Morgan fingerprint density at radius 1 is 1.40 bits per heavy atom. The molecule has 0 fully saturated rings. The lowest BCUT2D eigenvalue weighted by Crippen LogP contribution is -1.87. The van der Waals surface area contributed by atoms with E-state index in [4.69, 9.17) is 16.0 Å². The predicted octanol–water partition coefficient (Wildman–Crippen LogP) is 3.15. The number of rotatable bonds is 3. The van der Waals surface area contributed by atoms with Crippen molar-refractivity contribution in [1.29, 1.82) is 0 Å². The molecule has 0 amide bonds. The molecule has 0 aliphatic carbocycles. The summed E-state index contributed by atoms with van der Waals surface area (Å²) < 4.78 is 17.8. The minimum Gasteiger partial charge on any atom is -0.449 e. The van der Waals surface area contributed by atoms with Crippen LogP contribution >= 0.6 is 23.4 Å². The third-order valence-electron chi connectivity index (χ3n) is 1.57. The van der Waals surface area contributed by atoms with Gasteiger partial charge in [-0.25, -0.2) is 4.98 Å². The fraction of sp³-hybridized carbons (Fsp3) is 0.111. The van der Waals surface area contributed by atoms with Gasteiger partial charge in [0, 0.05) is 0 Å². The van der Waals surface area contributed by atoms with Crippen molar-refractivity contribution in [1.82, 2.24) is 9.97 Å². The van der Waals surface area contributed by atoms with Crippen LogP contribution in [0.2, 0.25) is 5.22 Å². The molecule has 0 unspecified atom stereocenters. The third-order valence-corrected chi connectivity index (χ3v) is 2.70. The summed E-state index contributed by atoms with van der Waals surface area (Å²) in [5.41, 5.74) is 0. The number of thioether (sulfide) groups is 1. The number of hydrogen-bond donors (Lipinski definition) is 0. The lowest BCUT2D eigenvalue weighted by Gasteiger charge is -1.97. The Kier molecular flexibility index (Phi) is 3.23. The monoisotopic (exact) mass is 244 g/mol. The molecule has 2 heterocycles. The molecule has 0 saturated heterocycles. The second kappa shape index (κ2) is 4.63. The molecular formula is C9H6ClFN2OS. The van der Waals surface area contributed by atoms with E-state index < -0.39 is 5.95 Å². The van der Waals surface area contributed by atoms with Crippen LogP contribution < -0.4 is 0 Å². The van der Waals surface area contributed by atoms with Crippen LogP contribution in [0.5, 0.6) is 0 Å². The van der Waals surface area contributed by atoms with E-state index in [1.54, 1.807) is 12.1 Å². The van der Waals surface area contributed by atoms with Crippen molar-refractivity contribution in [3.63, 3.8) is 0 Å². The largest absolute Gasteiger partial charge is 0.449 e. The molecule has 0 aliphatic heterocycles. The van der Waals surface area contributed by atoms with Gasteiger partial charge in [-0.2, -0.15) is 4.39 Å². The first-order valence-corrected chi connectivity index (χ1v) is 5.45. The Bertz CT molecular complexity index is 463. The summed E-state index contributed by atoms with van der Waals surface area (Å²) >= 11 is 6.94. The summed E-state index contributed by atoms with van der Waals surface area (Å²) in [7, 11) is 0. The number of hydrogen-bond acceptors (Lipinski definition) is 4. The molecule has 0 saturated carbocycles. The van der Waals surface area contributed by atoms with Crippen LogP contribution in [0.3, 0.4) is 0 Å². The van der Waals surface area contributed by atoms with Gasteiger partial charge in [0.1, 0.15) is 10.8 Å². The van der Waals surface area contributed by atoms with Crippen molar-refractivity contribution < 1.29 is 8.81 Å². The van der Waals surface area contributed by atoms with Gasteiger partial charge in [0.15, 0.2) is 5.22 Å². The maximum atomic E-state index is 12.7. The summed E-state index contributed by atoms with van der Waals surface area (Å²) in [5.74, 6) is 0.679. The minimum atomic E-state index is -0.586. The molecule has 2 aromatic rings. The molecule has 0 aromatic carbocycles. The Balaban J connectivity index is 1.99. The maximum Gasteiger partial charge on any atom is 0.232 e. The van der Waals surface area contributed by atoms with Crippen LogP contribution in [0.15, 0.2) is 34.0 Å². The SMILES string of the molecule is Fc1cncc(SCc2ccc(Cl)o2)n1. The van der Waals surface area contributed by atoms with Crippen LogP contribution in [0, 0.1) is 5.95 Å². The van der Waals surface area contributed by atoms with Crippen molar-refractivity contribution in [2.75, 3.05) is 0 Å². The van der Waals surface area contributed by atoms with Crippen LogP contribution in [-0.4, -0.2) is 9.97 Å². The van der Waals surface area contributed by atoms with Crippen molar-refractivity contribution in [3.8, 4) is 0 Å². The molecule has 0 aliphatic rings. The Morgan fingerprint density at radius 3 is 2.93 bits per heavy atom. The highest BCUT2D eigenvalue weighted by Gasteiger charge is 2.03. The van der Waals surface area contributed by atoms with Gasteiger partial charge in [-0.3, -0.25) is 4.98 Å². The third kappa shape index (κ3) is 2.94. The fourth-order valence-corrected chi connectivity index (χ4v) is 1.86. The first kappa shape index (κ1) is 10.4. The van der Waals surface area contributed by atoms with Crippen LogP contribution in [0.1, 0.15) is 5.76 Å². The van der Waals surface area contributed by atoms with Gasteiger partial charge in [-0.05, 0) is 23.7 Å². The first-order chi connectivity index (χ1) is 7.24. The molecular weight excluding hydrogens is 239 g/mol. The molecule has 15 heavy (non-hydrogen) atoms. The molecule has 2 rings (SSSR count). The van der Waals surface area contributed by atoms with E-state index in [1.165, 1.54) is 18.0 Å². The van der Waals surface area contributed by atoms with E-state index in [-0.39, 0.29) is 0 Å². The highest BCUT2D eigenvalue weighted by molar-refractivity contribution is 7.98. The quantitative estimate of drug-likeness (QED) is 0.778. The van der Waals surface area contributed by atoms with Gasteiger partial charge in [-0.15, -0.1) is 0 Å². The van der Waals surface area contributed by atoms with Gasteiger partial charge < -0.3 is 4.42 Å². The molecule has 78 valence electrons. The fourth-order valence-electron chi connectivity index (χ4n) is 0.969. The average molecular weight is 245 g/mol. The number of aromatic nitrogens is 2. The zero-order valence-corrected chi connectivity index (χ0v) is 9.06. The lowest BCUT2D eigenvalue weighted by molar-refractivity contribution is 0.532. The van der Waals surface area contributed by atoms with Crippen molar-refractivity contribution in [2.24, 2.45) is 0 Å². The molecule has 6 heteroatoms. The van der Waals surface area contributed by atoms with Gasteiger partial charge in [0.05, 0.1) is 18.1 Å². The predicted molar refractivity (Wildman–Crippen MR) is 55.3 cm³/mol. The van der Waals surface area contributed by atoms with Gasteiger partial charge in [0.25, 0.3) is 0 Å². The van der Waals surface area contributed by atoms with Crippen molar-refractivity contribution in [2.45, 2.75) is 10.8 Å². The molecule has 0 atom stereocenters. The smallest absolute Gasteiger partial charge is 0.232 e. The lowest BCUT2D eigenvalue weighted by atomic mass is 10.5. The van der Waals surface area contributed by atoms with Crippen LogP contribution in [0.25, 0.3) is 0 Å². The zero-order chi connectivity index (χ0) is 10.7. The minimum absolute atomic E-state index is 0.343. The molecule has 2 aromatic heterocycles. The average Bonchev–Trinajstić information content (AvgIpc) is 2.62. The maximum absolute atomic E-state index is 12.7. The Hall–Kier alpha value is -1.07. The van der Waals surface area contributed by atoms with E-state index in [2.05, 4.69) is 9.97 Å². The summed E-state index contributed by atoms with van der Waals surface area (Å²) in [4.78, 5) is 7.34. The van der Waals surface area contributed by atoms with Gasteiger partial charge >= 0.3 is 0 Å². The topological polar surface area (TPSA) is 38.9 Å². The van der Waals surface area contributed by atoms with Crippen molar-refractivity contribution >= 4 is 23.4 Å². The zero-order valence-electron chi connectivity index (χ0n) is 7.48. The second-order valence-electron chi connectivity index (χ2n) is 2.67. The van der Waals surface area contributed by atoms with Crippen LogP contribution in [-0.2, 0) is 5.75 Å². The van der Waals surface area contributed by atoms with Crippen LogP contribution in [0.4, 0.5) is 4.39 Å². The van der Waals surface area contributed by atoms with E-state index in [0.29, 0.717) is 16.0 Å². The van der Waals surface area contributed by atoms with E-state index in [9.17, 15) is 4.39 Å². The summed E-state index contributed by atoms with van der Waals surface area (Å²) in [6, 6.07) is 3.43. The normalized spacial score (nSPS) is 10.5. The Labute approximate surface area is 94.7 Å². The van der Waals surface area contributed by atoms with E-state index in [0.717, 1.165) is 12.0 Å². The summed E-state index contributed by atoms with van der Waals surface area (Å²) in [6.07, 6.45) is 2.56. The number of halogens is 2. The molecule has 0 radical (unpaired) electrons. The highest BCUT2D eigenvalue weighted by atomic mass is 35.5. The molecule has 3 nitrogen and oxygen atoms in total. The number of nitrogens with zero attached hydrogens (tertiary/aromatic N) is 2. The molecule has 0 bridgehead atoms. The first-order valence-electron chi connectivity index (χ1n) is 4.08. The summed E-state index contributed by atoms with van der Waals surface area (Å²) in [5, 5.41) is 0.860. The highest BCUT2D eigenvalue weighted by Crippen LogP contribution is 2.22. The molecule has 0 N–H and O–H groups in total. The van der Waals surface area contributed by atoms with E-state index in [1.807, 2.05) is 0 Å². The van der Waals surface area contributed by atoms with Gasteiger partial charge in [0.2, 0.25) is 5.95 Å². The van der Waals surface area contributed by atoms with Gasteiger partial charge in [-0.1, -0.05) is 11.8 Å².